The first-order valence-electron chi connectivity index (χ1n) is 6.14. The Kier molecular flexibility index (Phi) is 3.76. The molecule has 19 heavy (non-hydrogen) atoms. The standard InChI is InChI=1S/C15H15N3O/c1-11-4-6-13(7-5-11)10-14-12(2)17-18(15(14)19)9-3-8-16/h4-7,10H,3,9H2,1-2H3/b14-10-. The summed E-state index contributed by atoms with van der Waals surface area (Å²) in [6, 6.07) is 9.98. The highest BCUT2D eigenvalue weighted by Crippen LogP contribution is 2.18. The molecule has 0 fully saturated rings. The Balaban J connectivity index is 2.22. The Labute approximate surface area is 112 Å². The Morgan fingerprint density at radius 1 is 1.32 bits per heavy atom. The summed E-state index contributed by atoms with van der Waals surface area (Å²) < 4.78 is 0. The topological polar surface area (TPSA) is 56.5 Å². The zero-order chi connectivity index (χ0) is 13.8. The average Bonchev–Trinajstić information content (AvgIpc) is 2.66. The van der Waals surface area contributed by atoms with Crippen molar-refractivity contribution in [3.05, 3.63) is 41.0 Å². The van der Waals surface area contributed by atoms with Crippen molar-refractivity contribution < 1.29 is 4.79 Å². The Hall–Kier alpha value is -2.41. The summed E-state index contributed by atoms with van der Waals surface area (Å²) in [5, 5.41) is 14.1. The van der Waals surface area contributed by atoms with Crippen LogP contribution in [-0.4, -0.2) is 23.2 Å². The number of rotatable bonds is 3. The second kappa shape index (κ2) is 5.49. The molecular formula is C15H15N3O. The van der Waals surface area contributed by atoms with E-state index in [0.29, 0.717) is 24.3 Å². The molecule has 0 unspecified atom stereocenters. The molecule has 1 amide bonds. The van der Waals surface area contributed by atoms with Gasteiger partial charge in [0.1, 0.15) is 0 Å². The molecule has 1 aliphatic rings. The third kappa shape index (κ3) is 2.89. The van der Waals surface area contributed by atoms with Crippen LogP contribution >= 0.6 is 0 Å². The smallest absolute Gasteiger partial charge is 0.267 e. The maximum Gasteiger partial charge on any atom is 0.275 e. The molecule has 0 atom stereocenters. The van der Waals surface area contributed by atoms with E-state index in [-0.39, 0.29) is 5.91 Å². The van der Waals surface area contributed by atoms with E-state index in [4.69, 9.17) is 5.26 Å². The van der Waals surface area contributed by atoms with Crippen LogP contribution in [0.15, 0.2) is 34.9 Å². The minimum Gasteiger partial charge on any atom is -0.267 e. The van der Waals surface area contributed by atoms with Gasteiger partial charge in [-0.05, 0) is 25.5 Å². The molecule has 0 spiro atoms. The largest absolute Gasteiger partial charge is 0.275 e. The van der Waals surface area contributed by atoms with Crippen molar-refractivity contribution in [3.63, 3.8) is 0 Å². The van der Waals surface area contributed by atoms with Gasteiger partial charge in [-0.1, -0.05) is 29.8 Å². The first-order valence-corrected chi connectivity index (χ1v) is 6.14. The van der Waals surface area contributed by atoms with Crippen LogP contribution in [0.4, 0.5) is 0 Å². The van der Waals surface area contributed by atoms with Gasteiger partial charge in [0, 0.05) is 0 Å². The van der Waals surface area contributed by atoms with Crippen LogP contribution in [0, 0.1) is 18.3 Å². The molecule has 2 rings (SSSR count). The summed E-state index contributed by atoms with van der Waals surface area (Å²) in [6.07, 6.45) is 2.13. The number of benzene rings is 1. The van der Waals surface area contributed by atoms with E-state index >= 15 is 0 Å². The molecule has 0 N–H and O–H groups in total. The summed E-state index contributed by atoms with van der Waals surface area (Å²) >= 11 is 0. The van der Waals surface area contributed by atoms with Crippen molar-refractivity contribution in [1.29, 1.82) is 5.26 Å². The molecule has 0 saturated heterocycles. The van der Waals surface area contributed by atoms with Gasteiger partial charge in [0.2, 0.25) is 0 Å². The normalized spacial score (nSPS) is 16.7. The molecule has 96 valence electrons. The monoisotopic (exact) mass is 253 g/mol. The molecule has 1 aromatic rings. The van der Waals surface area contributed by atoms with E-state index in [0.717, 1.165) is 5.56 Å². The minimum absolute atomic E-state index is 0.131. The molecule has 1 aliphatic heterocycles. The van der Waals surface area contributed by atoms with Crippen LogP contribution in [0.2, 0.25) is 0 Å². The molecule has 0 bridgehead atoms. The summed E-state index contributed by atoms with van der Waals surface area (Å²) in [5.74, 6) is -0.131. The van der Waals surface area contributed by atoms with Gasteiger partial charge in [0.25, 0.3) is 5.91 Å². The lowest BCUT2D eigenvalue weighted by Gasteiger charge is -2.08. The molecule has 0 aliphatic carbocycles. The lowest BCUT2D eigenvalue weighted by atomic mass is 10.1. The van der Waals surface area contributed by atoms with Gasteiger partial charge in [-0.25, -0.2) is 5.01 Å². The van der Waals surface area contributed by atoms with Gasteiger partial charge in [-0.2, -0.15) is 10.4 Å². The Morgan fingerprint density at radius 3 is 2.63 bits per heavy atom. The van der Waals surface area contributed by atoms with E-state index in [1.807, 2.05) is 50.3 Å². The molecule has 4 heteroatoms. The van der Waals surface area contributed by atoms with Crippen LogP contribution in [-0.2, 0) is 4.79 Å². The highest BCUT2D eigenvalue weighted by atomic mass is 16.2. The number of nitriles is 1. The highest BCUT2D eigenvalue weighted by molar-refractivity contribution is 6.26. The number of hydrogen-bond donors (Lipinski definition) is 0. The van der Waals surface area contributed by atoms with Crippen molar-refractivity contribution >= 4 is 17.7 Å². The van der Waals surface area contributed by atoms with Gasteiger partial charge in [-0.3, -0.25) is 4.79 Å². The fraction of sp³-hybridized carbons (Fsp3) is 0.267. The number of carbonyl (C=O) groups excluding carboxylic acids is 1. The molecule has 4 nitrogen and oxygen atoms in total. The van der Waals surface area contributed by atoms with E-state index in [1.54, 1.807) is 0 Å². The zero-order valence-corrected chi connectivity index (χ0v) is 11.1. The molecular weight excluding hydrogens is 238 g/mol. The number of aryl methyl sites for hydroxylation is 1. The van der Waals surface area contributed by atoms with Gasteiger partial charge < -0.3 is 0 Å². The first kappa shape index (κ1) is 13.0. The fourth-order valence-electron chi connectivity index (χ4n) is 1.88. The third-order valence-electron chi connectivity index (χ3n) is 2.95. The van der Waals surface area contributed by atoms with Crippen molar-refractivity contribution in [1.82, 2.24) is 5.01 Å². The SMILES string of the molecule is CC1=NN(CCC#N)C(=O)/C1=C\c1ccc(C)cc1. The van der Waals surface area contributed by atoms with Gasteiger partial charge >= 0.3 is 0 Å². The van der Waals surface area contributed by atoms with E-state index in [9.17, 15) is 4.79 Å². The molecule has 0 aromatic heterocycles. The molecule has 0 saturated carbocycles. The van der Waals surface area contributed by atoms with Crippen molar-refractivity contribution in [2.45, 2.75) is 20.3 Å². The van der Waals surface area contributed by atoms with Gasteiger partial charge in [0.05, 0.1) is 30.3 Å². The molecule has 0 radical (unpaired) electrons. The van der Waals surface area contributed by atoms with Crippen LogP contribution in [0.5, 0.6) is 0 Å². The molecule has 1 heterocycles. The van der Waals surface area contributed by atoms with Crippen LogP contribution in [0.3, 0.4) is 0 Å². The third-order valence-corrected chi connectivity index (χ3v) is 2.95. The lowest BCUT2D eigenvalue weighted by molar-refractivity contribution is -0.125. The predicted molar refractivity (Wildman–Crippen MR) is 74.2 cm³/mol. The highest BCUT2D eigenvalue weighted by Gasteiger charge is 2.26. The minimum atomic E-state index is -0.131. The average molecular weight is 253 g/mol. The van der Waals surface area contributed by atoms with Crippen LogP contribution in [0.1, 0.15) is 24.5 Å². The Bertz CT molecular complexity index is 591. The van der Waals surface area contributed by atoms with E-state index in [1.165, 1.54) is 10.6 Å². The van der Waals surface area contributed by atoms with Crippen LogP contribution < -0.4 is 0 Å². The second-order valence-electron chi connectivity index (χ2n) is 4.49. The zero-order valence-electron chi connectivity index (χ0n) is 11.1. The number of carbonyl (C=O) groups is 1. The number of amides is 1. The quantitative estimate of drug-likeness (QED) is 0.777. The summed E-state index contributed by atoms with van der Waals surface area (Å²) in [5.41, 5.74) is 3.46. The summed E-state index contributed by atoms with van der Waals surface area (Å²) in [6.45, 7) is 4.18. The van der Waals surface area contributed by atoms with Gasteiger partial charge in [-0.15, -0.1) is 0 Å². The van der Waals surface area contributed by atoms with Crippen molar-refractivity contribution in [2.75, 3.05) is 6.54 Å². The number of hydrogen-bond acceptors (Lipinski definition) is 3. The fourth-order valence-corrected chi connectivity index (χ4v) is 1.88. The van der Waals surface area contributed by atoms with E-state index < -0.39 is 0 Å². The van der Waals surface area contributed by atoms with Crippen molar-refractivity contribution in [2.24, 2.45) is 5.10 Å². The Morgan fingerprint density at radius 2 is 2.00 bits per heavy atom. The first-order chi connectivity index (χ1) is 9.11. The summed E-state index contributed by atoms with van der Waals surface area (Å²) in [4.78, 5) is 12.1. The molecule has 1 aromatic carbocycles. The predicted octanol–water partition coefficient (Wildman–Crippen LogP) is 2.51. The maximum absolute atomic E-state index is 12.1. The van der Waals surface area contributed by atoms with E-state index in [2.05, 4.69) is 5.10 Å². The van der Waals surface area contributed by atoms with Crippen LogP contribution in [0.25, 0.3) is 6.08 Å². The summed E-state index contributed by atoms with van der Waals surface area (Å²) in [7, 11) is 0. The van der Waals surface area contributed by atoms with Gasteiger partial charge in [0.15, 0.2) is 0 Å². The maximum atomic E-state index is 12.1. The second-order valence-corrected chi connectivity index (χ2v) is 4.49. The van der Waals surface area contributed by atoms with Crippen molar-refractivity contribution in [3.8, 4) is 6.07 Å². The number of hydrazone groups is 1. The number of nitrogens with zero attached hydrogens (tertiary/aromatic N) is 3. The lowest BCUT2D eigenvalue weighted by Crippen LogP contribution is -2.22.